The number of amides is 1. The fourth-order valence-corrected chi connectivity index (χ4v) is 2.50. The van der Waals surface area contributed by atoms with Crippen molar-refractivity contribution >= 4 is 5.91 Å². The Morgan fingerprint density at radius 2 is 2.22 bits per heavy atom. The molecule has 1 aliphatic carbocycles. The van der Waals surface area contributed by atoms with E-state index in [1.54, 1.807) is 6.07 Å². The molecule has 2 N–H and O–H groups in total. The van der Waals surface area contributed by atoms with E-state index in [0.717, 1.165) is 30.7 Å². The van der Waals surface area contributed by atoms with E-state index in [0.29, 0.717) is 12.1 Å². The number of carbonyl (C=O) groups is 1. The summed E-state index contributed by atoms with van der Waals surface area (Å²) in [5, 5.41) is 12.6. The van der Waals surface area contributed by atoms with Crippen molar-refractivity contribution in [3.8, 4) is 0 Å². The van der Waals surface area contributed by atoms with Crippen LogP contribution in [-0.2, 0) is 0 Å². The summed E-state index contributed by atoms with van der Waals surface area (Å²) in [7, 11) is 0. The molecule has 2 rings (SSSR count). The first-order valence-electron chi connectivity index (χ1n) is 6.48. The van der Waals surface area contributed by atoms with E-state index in [1.165, 1.54) is 0 Å². The van der Waals surface area contributed by atoms with E-state index in [9.17, 15) is 9.90 Å². The zero-order valence-electron chi connectivity index (χ0n) is 10.9. The van der Waals surface area contributed by atoms with Crippen LogP contribution in [0, 0.1) is 19.8 Å². The molecule has 2 unspecified atom stereocenters. The summed E-state index contributed by atoms with van der Waals surface area (Å²) >= 11 is 0. The van der Waals surface area contributed by atoms with Gasteiger partial charge in [0.1, 0.15) is 0 Å². The van der Waals surface area contributed by atoms with Crippen molar-refractivity contribution in [3.63, 3.8) is 0 Å². The molecule has 1 aromatic heterocycles. The summed E-state index contributed by atoms with van der Waals surface area (Å²) < 4.78 is 0. The van der Waals surface area contributed by atoms with Gasteiger partial charge in [0.15, 0.2) is 0 Å². The average Bonchev–Trinajstić information content (AvgIpc) is 2.72. The number of aliphatic hydroxyl groups excluding tert-OH is 1. The Bertz CT molecular complexity index is 445. The molecule has 18 heavy (non-hydrogen) atoms. The van der Waals surface area contributed by atoms with Crippen LogP contribution in [0.5, 0.6) is 0 Å². The first-order valence-corrected chi connectivity index (χ1v) is 6.48. The van der Waals surface area contributed by atoms with Crippen LogP contribution in [0.2, 0.25) is 0 Å². The van der Waals surface area contributed by atoms with Crippen LogP contribution in [0.3, 0.4) is 0 Å². The zero-order valence-corrected chi connectivity index (χ0v) is 10.9. The number of carbonyl (C=O) groups excluding carboxylic acids is 1. The Morgan fingerprint density at radius 1 is 1.44 bits per heavy atom. The molecule has 4 heteroatoms. The lowest BCUT2D eigenvalue weighted by Crippen LogP contribution is -2.32. The van der Waals surface area contributed by atoms with Gasteiger partial charge in [-0.25, -0.2) is 0 Å². The van der Waals surface area contributed by atoms with E-state index >= 15 is 0 Å². The molecule has 1 heterocycles. The molecule has 0 aromatic carbocycles. The van der Waals surface area contributed by atoms with Crippen molar-refractivity contribution in [3.05, 3.63) is 29.1 Å². The van der Waals surface area contributed by atoms with Gasteiger partial charge in [-0.2, -0.15) is 0 Å². The number of rotatable bonds is 3. The molecule has 98 valence electrons. The van der Waals surface area contributed by atoms with Crippen LogP contribution in [0.4, 0.5) is 0 Å². The number of aliphatic hydroxyl groups is 1. The van der Waals surface area contributed by atoms with Crippen LogP contribution < -0.4 is 5.32 Å². The lowest BCUT2D eigenvalue weighted by atomic mass is 10.1. The number of hydrogen-bond donors (Lipinski definition) is 2. The van der Waals surface area contributed by atoms with Crippen LogP contribution in [0.1, 0.15) is 41.0 Å². The molecular formula is C14H20N2O2. The van der Waals surface area contributed by atoms with Crippen molar-refractivity contribution in [2.24, 2.45) is 5.92 Å². The second-order valence-electron chi connectivity index (χ2n) is 5.05. The van der Waals surface area contributed by atoms with Crippen molar-refractivity contribution < 1.29 is 9.90 Å². The van der Waals surface area contributed by atoms with Gasteiger partial charge in [-0.3, -0.25) is 9.78 Å². The summed E-state index contributed by atoms with van der Waals surface area (Å²) in [4.78, 5) is 16.3. The van der Waals surface area contributed by atoms with Crippen LogP contribution in [0.25, 0.3) is 0 Å². The molecular weight excluding hydrogens is 228 g/mol. The molecule has 1 fully saturated rings. The van der Waals surface area contributed by atoms with Gasteiger partial charge < -0.3 is 10.4 Å². The summed E-state index contributed by atoms with van der Waals surface area (Å²) in [5.74, 6) is 0.103. The van der Waals surface area contributed by atoms with Gasteiger partial charge in [0.05, 0.1) is 17.4 Å². The Hall–Kier alpha value is -1.42. The van der Waals surface area contributed by atoms with Crippen LogP contribution in [0.15, 0.2) is 12.1 Å². The number of pyridine rings is 1. The highest BCUT2D eigenvalue weighted by atomic mass is 16.3. The molecule has 4 nitrogen and oxygen atoms in total. The van der Waals surface area contributed by atoms with E-state index in [-0.39, 0.29) is 17.9 Å². The minimum absolute atomic E-state index is 0.0981. The van der Waals surface area contributed by atoms with Gasteiger partial charge in [0.2, 0.25) is 0 Å². The molecule has 0 saturated heterocycles. The maximum absolute atomic E-state index is 12.0. The number of aromatic nitrogens is 1. The summed E-state index contributed by atoms with van der Waals surface area (Å²) in [6, 6.07) is 3.64. The molecule has 1 saturated carbocycles. The average molecular weight is 248 g/mol. The SMILES string of the molecule is Cc1ccc(C(=O)NCC2CCCC2O)c(C)n1. The molecule has 0 bridgehead atoms. The fraction of sp³-hybridized carbons (Fsp3) is 0.571. The fourth-order valence-electron chi connectivity index (χ4n) is 2.50. The third kappa shape index (κ3) is 2.88. The Kier molecular flexibility index (Phi) is 3.97. The minimum Gasteiger partial charge on any atom is -0.393 e. The lowest BCUT2D eigenvalue weighted by molar-refractivity contribution is 0.0916. The highest BCUT2D eigenvalue weighted by molar-refractivity contribution is 5.95. The van der Waals surface area contributed by atoms with E-state index < -0.39 is 0 Å². The predicted molar refractivity (Wildman–Crippen MR) is 69.4 cm³/mol. The van der Waals surface area contributed by atoms with Crippen molar-refractivity contribution in [1.29, 1.82) is 0 Å². The molecule has 2 atom stereocenters. The van der Waals surface area contributed by atoms with Gasteiger partial charge >= 0.3 is 0 Å². The molecule has 0 radical (unpaired) electrons. The van der Waals surface area contributed by atoms with Gasteiger partial charge in [-0.15, -0.1) is 0 Å². The molecule has 1 aromatic rings. The number of aryl methyl sites for hydroxylation is 2. The minimum atomic E-state index is -0.262. The summed E-state index contributed by atoms with van der Waals surface area (Å²) in [5.41, 5.74) is 2.28. The number of nitrogens with zero attached hydrogens (tertiary/aromatic N) is 1. The van der Waals surface area contributed by atoms with Gasteiger partial charge in [0.25, 0.3) is 5.91 Å². The number of nitrogens with one attached hydrogen (secondary N) is 1. The van der Waals surface area contributed by atoms with Crippen LogP contribution in [-0.4, -0.2) is 28.6 Å². The second kappa shape index (κ2) is 5.48. The Morgan fingerprint density at radius 3 is 2.83 bits per heavy atom. The number of hydrogen-bond acceptors (Lipinski definition) is 3. The summed E-state index contributed by atoms with van der Waals surface area (Å²) in [6.45, 7) is 4.29. The first-order chi connectivity index (χ1) is 8.58. The van der Waals surface area contributed by atoms with Crippen molar-refractivity contribution in [1.82, 2.24) is 10.3 Å². The standard InChI is InChI=1S/C14H20N2O2/c1-9-6-7-12(10(2)16-9)14(18)15-8-11-4-3-5-13(11)17/h6-7,11,13,17H,3-5,8H2,1-2H3,(H,15,18). The third-order valence-electron chi connectivity index (χ3n) is 3.61. The quantitative estimate of drug-likeness (QED) is 0.854. The van der Waals surface area contributed by atoms with E-state index in [2.05, 4.69) is 10.3 Å². The van der Waals surface area contributed by atoms with E-state index in [4.69, 9.17) is 0 Å². The molecule has 0 spiro atoms. The largest absolute Gasteiger partial charge is 0.393 e. The van der Waals surface area contributed by atoms with E-state index in [1.807, 2.05) is 19.9 Å². The Labute approximate surface area is 107 Å². The maximum atomic E-state index is 12.0. The third-order valence-corrected chi connectivity index (χ3v) is 3.61. The highest BCUT2D eigenvalue weighted by Crippen LogP contribution is 2.24. The normalized spacial score (nSPS) is 23.1. The van der Waals surface area contributed by atoms with Crippen molar-refractivity contribution in [2.45, 2.75) is 39.2 Å². The van der Waals surface area contributed by atoms with Gasteiger partial charge in [-0.05, 0) is 38.8 Å². The molecule has 1 amide bonds. The second-order valence-corrected chi connectivity index (χ2v) is 5.05. The molecule has 1 aliphatic rings. The lowest BCUT2D eigenvalue weighted by Gasteiger charge is -2.15. The summed E-state index contributed by atoms with van der Waals surface area (Å²) in [6.07, 6.45) is 2.63. The molecule has 0 aliphatic heterocycles. The Balaban J connectivity index is 1.95. The predicted octanol–water partition coefficient (Wildman–Crippen LogP) is 1.59. The van der Waals surface area contributed by atoms with Crippen LogP contribution >= 0.6 is 0 Å². The zero-order chi connectivity index (χ0) is 13.1. The van der Waals surface area contributed by atoms with Gasteiger partial charge in [-0.1, -0.05) is 6.42 Å². The maximum Gasteiger partial charge on any atom is 0.253 e. The first kappa shape index (κ1) is 13.0. The monoisotopic (exact) mass is 248 g/mol. The highest BCUT2D eigenvalue weighted by Gasteiger charge is 2.25. The van der Waals surface area contributed by atoms with Crippen molar-refractivity contribution in [2.75, 3.05) is 6.54 Å². The topological polar surface area (TPSA) is 62.2 Å². The van der Waals surface area contributed by atoms with Gasteiger partial charge in [0, 0.05) is 18.2 Å². The smallest absolute Gasteiger partial charge is 0.253 e.